The largest absolute Gasteiger partial charge is 1.00 e. The van der Waals surface area contributed by atoms with Gasteiger partial charge in [-0.2, -0.15) is 0 Å². The van der Waals surface area contributed by atoms with Crippen LogP contribution in [0.4, 0.5) is 0 Å². The summed E-state index contributed by atoms with van der Waals surface area (Å²) >= 11 is 0. The molecular formula is C16H15NaO9S. The van der Waals surface area contributed by atoms with Crippen molar-refractivity contribution in [2.75, 3.05) is 26.4 Å². The number of esters is 2. The number of hydrogen-bond donors (Lipinski definition) is 2. The van der Waals surface area contributed by atoms with E-state index in [1.54, 1.807) is 0 Å². The minimum atomic E-state index is -4.96. The number of hydrogen-bond acceptors (Lipinski definition) is 9. The number of aliphatic hydroxyl groups is 2. The molecule has 140 valence electrons. The quantitative estimate of drug-likeness (QED) is 0.279. The zero-order chi connectivity index (χ0) is 19.3. The molecule has 0 radical (unpaired) electrons. The molecule has 2 aromatic carbocycles. The molecule has 0 heterocycles. The van der Waals surface area contributed by atoms with Crippen molar-refractivity contribution in [1.82, 2.24) is 0 Å². The molecule has 0 amide bonds. The number of ether oxygens (including phenoxy) is 2. The van der Waals surface area contributed by atoms with Gasteiger partial charge >= 0.3 is 41.5 Å². The van der Waals surface area contributed by atoms with E-state index in [2.05, 4.69) is 0 Å². The summed E-state index contributed by atoms with van der Waals surface area (Å²) in [4.78, 5) is 23.0. The van der Waals surface area contributed by atoms with E-state index in [1.807, 2.05) is 0 Å². The molecule has 2 N–H and O–H groups in total. The maximum Gasteiger partial charge on any atom is 1.00 e. The number of carbonyl (C=O) groups is 2. The fourth-order valence-corrected chi connectivity index (χ4v) is 2.94. The predicted molar refractivity (Wildman–Crippen MR) is 86.6 cm³/mol. The molecule has 2 aromatic rings. The van der Waals surface area contributed by atoms with Crippen molar-refractivity contribution in [2.24, 2.45) is 0 Å². The van der Waals surface area contributed by atoms with Crippen LogP contribution in [-0.2, 0) is 19.6 Å². The molecule has 9 nitrogen and oxygen atoms in total. The van der Waals surface area contributed by atoms with E-state index >= 15 is 0 Å². The van der Waals surface area contributed by atoms with Crippen LogP contribution in [0.15, 0.2) is 35.2 Å². The van der Waals surface area contributed by atoms with Crippen molar-refractivity contribution in [3.05, 3.63) is 41.5 Å². The summed E-state index contributed by atoms with van der Waals surface area (Å²) in [5.41, 5.74) is -0.206. The van der Waals surface area contributed by atoms with Gasteiger partial charge in [0.05, 0.1) is 29.2 Å². The number of aliphatic hydroxyl groups excluding tert-OH is 2. The zero-order valence-corrected chi connectivity index (χ0v) is 17.2. The van der Waals surface area contributed by atoms with Crippen LogP contribution in [0.2, 0.25) is 0 Å². The Balaban J connectivity index is 0.00000364. The first-order chi connectivity index (χ1) is 12.3. The smallest absolute Gasteiger partial charge is 0.744 e. The fourth-order valence-electron chi connectivity index (χ4n) is 2.22. The molecule has 0 aliphatic heterocycles. The van der Waals surface area contributed by atoms with Crippen molar-refractivity contribution < 1.29 is 71.8 Å². The van der Waals surface area contributed by atoms with Gasteiger partial charge in [-0.05, 0) is 29.7 Å². The van der Waals surface area contributed by atoms with E-state index < -0.39 is 33.6 Å². The topological polar surface area (TPSA) is 150 Å². The second-order valence-electron chi connectivity index (χ2n) is 5.08. The molecule has 0 atom stereocenters. The van der Waals surface area contributed by atoms with E-state index in [1.165, 1.54) is 18.2 Å². The molecule has 0 fully saturated rings. The summed E-state index contributed by atoms with van der Waals surface area (Å²) in [5.74, 6) is -1.71. The maximum atomic E-state index is 11.9. The normalized spacial score (nSPS) is 10.9. The fraction of sp³-hybridized carbons (Fsp3) is 0.250. The third-order valence-electron chi connectivity index (χ3n) is 3.31. The second kappa shape index (κ2) is 10.1. The van der Waals surface area contributed by atoms with Gasteiger partial charge in [0.15, 0.2) is 0 Å². The Hall–Kier alpha value is -1.53. The monoisotopic (exact) mass is 406 g/mol. The molecule has 0 saturated heterocycles. The van der Waals surface area contributed by atoms with Crippen molar-refractivity contribution >= 4 is 32.8 Å². The molecule has 0 spiro atoms. The molecule has 0 aliphatic rings. The van der Waals surface area contributed by atoms with E-state index in [-0.39, 0.29) is 71.3 Å². The molecule has 0 aromatic heterocycles. The molecule has 2 rings (SSSR count). The van der Waals surface area contributed by atoms with E-state index in [0.717, 1.165) is 12.1 Å². The third-order valence-corrected chi connectivity index (χ3v) is 4.18. The van der Waals surface area contributed by atoms with Crippen molar-refractivity contribution in [1.29, 1.82) is 0 Å². The van der Waals surface area contributed by atoms with Crippen LogP contribution < -0.4 is 29.6 Å². The number of rotatable bonds is 7. The molecule has 0 unspecified atom stereocenters. The van der Waals surface area contributed by atoms with Crippen LogP contribution in [0.3, 0.4) is 0 Å². The van der Waals surface area contributed by atoms with E-state index in [9.17, 15) is 22.6 Å². The van der Waals surface area contributed by atoms with Gasteiger partial charge in [0, 0.05) is 5.39 Å². The summed E-state index contributed by atoms with van der Waals surface area (Å²) in [6.45, 7) is -1.31. The molecule has 11 heteroatoms. The molecule has 27 heavy (non-hydrogen) atoms. The van der Waals surface area contributed by atoms with Crippen LogP contribution in [-0.4, -0.2) is 61.5 Å². The Bertz CT molecular complexity index is 940. The Morgan fingerprint density at radius 1 is 0.926 bits per heavy atom. The SMILES string of the molecule is O=C(OCCO)c1cc(S(=O)(=O)[O-])c2cc(C(=O)OCCO)ccc2c1.[Na+]. The second-order valence-corrected chi connectivity index (χ2v) is 6.43. The number of carbonyl (C=O) groups excluding carboxylic acids is 2. The Morgan fingerprint density at radius 3 is 2.00 bits per heavy atom. The van der Waals surface area contributed by atoms with Gasteiger partial charge in [-0.25, -0.2) is 18.0 Å². The van der Waals surface area contributed by atoms with Crippen LogP contribution in [0, 0.1) is 0 Å². The minimum Gasteiger partial charge on any atom is -0.744 e. The van der Waals surface area contributed by atoms with Gasteiger partial charge in [0.1, 0.15) is 23.3 Å². The van der Waals surface area contributed by atoms with E-state index in [4.69, 9.17) is 19.7 Å². The van der Waals surface area contributed by atoms with E-state index in [0.29, 0.717) is 0 Å². The Labute approximate surface area is 176 Å². The summed E-state index contributed by atoms with van der Waals surface area (Å²) < 4.78 is 44.2. The van der Waals surface area contributed by atoms with Crippen LogP contribution in [0.1, 0.15) is 20.7 Å². The summed E-state index contributed by atoms with van der Waals surface area (Å²) in [7, 11) is -4.96. The van der Waals surface area contributed by atoms with Crippen molar-refractivity contribution in [3.8, 4) is 0 Å². The van der Waals surface area contributed by atoms with Gasteiger partial charge in [0.25, 0.3) is 0 Å². The van der Waals surface area contributed by atoms with Crippen LogP contribution in [0.5, 0.6) is 0 Å². The van der Waals surface area contributed by atoms with Crippen molar-refractivity contribution in [2.45, 2.75) is 4.90 Å². The maximum absolute atomic E-state index is 11.9. The predicted octanol–water partition coefficient (Wildman–Crippen LogP) is -2.95. The molecule has 0 aliphatic carbocycles. The van der Waals surface area contributed by atoms with Crippen LogP contribution in [0.25, 0.3) is 10.8 Å². The standard InChI is InChI=1S/C16H16O9S.Na/c17-3-5-24-15(19)11-2-1-10-7-12(16(20)25-6-4-18)9-14(13(10)8-11)26(21,22)23;/h1-2,7-9,17-18H,3-6H2,(H,21,22,23);/q;+1/p-1. The molecule has 0 bridgehead atoms. The van der Waals surface area contributed by atoms with Crippen LogP contribution >= 0.6 is 0 Å². The molecular weight excluding hydrogens is 391 g/mol. The average molecular weight is 406 g/mol. The third kappa shape index (κ3) is 5.98. The Kier molecular flexibility index (Phi) is 8.82. The number of fused-ring (bicyclic) bond motifs is 1. The first kappa shape index (κ1) is 23.5. The summed E-state index contributed by atoms with van der Waals surface area (Å²) in [5, 5.41) is 17.5. The first-order valence-corrected chi connectivity index (χ1v) is 8.78. The minimum absolute atomic E-state index is 0. The van der Waals surface area contributed by atoms with Gasteiger partial charge in [-0.3, -0.25) is 0 Å². The first-order valence-electron chi connectivity index (χ1n) is 7.37. The molecule has 0 saturated carbocycles. The Morgan fingerprint density at radius 2 is 1.48 bits per heavy atom. The van der Waals surface area contributed by atoms with Gasteiger partial charge < -0.3 is 24.2 Å². The average Bonchev–Trinajstić information content (AvgIpc) is 2.61. The summed E-state index contributed by atoms with van der Waals surface area (Å²) in [6.07, 6.45) is 0. The summed E-state index contributed by atoms with van der Waals surface area (Å²) in [6, 6.07) is 5.98. The zero-order valence-electron chi connectivity index (χ0n) is 14.4. The van der Waals surface area contributed by atoms with Gasteiger partial charge in [-0.15, -0.1) is 0 Å². The number of benzene rings is 2. The van der Waals surface area contributed by atoms with Gasteiger partial charge in [-0.1, -0.05) is 6.07 Å². The van der Waals surface area contributed by atoms with Gasteiger partial charge in [0.2, 0.25) is 0 Å². The van der Waals surface area contributed by atoms with Crippen molar-refractivity contribution in [3.63, 3.8) is 0 Å².